The van der Waals surface area contributed by atoms with Crippen molar-refractivity contribution in [1.29, 1.82) is 0 Å². The molecule has 166 valence electrons. The Bertz CT molecular complexity index is 1100. The standard InChI is InChI=1S/C20H21F2N3O5S/c1-24(18(19(23)26)13-3-2-4-14(21)11-13)20(27)16-12-15(5-6-17(16)22)31(28,29)25-7-9-30-10-8-25/h2-6,11-12,18H,7-10H2,1H3,(H2,23,26). The van der Waals surface area contributed by atoms with Crippen LogP contribution in [-0.2, 0) is 19.6 Å². The minimum Gasteiger partial charge on any atom is -0.379 e. The number of carbonyl (C=O) groups is 2. The van der Waals surface area contributed by atoms with Gasteiger partial charge in [-0.25, -0.2) is 17.2 Å². The highest BCUT2D eigenvalue weighted by Crippen LogP contribution is 2.25. The Morgan fingerprint density at radius 3 is 2.42 bits per heavy atom. The molecule has 0 aliphatic carbocycles. The van der Waals surface area contributed by atoms with Crippen LogP contribution in [0.1, 0.15) is 22.0 Å². The quantitative estimate of drug-likeness (QED) is 0.709. The largest absolute Gasteiger partial charge is 0.379 e. The molecule has 2 N–H and O–H groups in total. The Balaban J connectivity index is 1.96. The number of ether oxygens (including phenoxy) is 1. The Kier molecular flexibility index (Phi) is 6.68. The number of hydrogen-bond donors (Lipinski definition) is 1. The van der Waals surface area contributed by atoms with Crippen molar-refractivity contribution in [2.75, 3.05) is 33.4 Å². The van der Waals surface area contributed by atoms with E-state index in [1.807, 2.05) is 0 Å². The molecule has 1 aliphatic rings. The lowest BCUT2D eigenvalue weighted by molar-refractivity contribution is -0.122. The minimum atomic E-state index is -3.98. The first kappa shape index (κ1) is 22.8. The van der Waals surface area contributed by atoms with Gasteiger partial charge in [-0.05, 0) is 35.9 Å². The predicted octanol–water partition coefficient (Wildman–Crippen LogP) is 1.28. The monoisotopic (exact) mass is 453 g/mol. The number of sulfonamides is 1. The molecule has 1 fully saturated rings. The molecule has 3 rings (SSSR count). The summed E-state index contributed by atoms with van der Waals surface area (Å²) in [5.74, 6) is -3.56. The van der Waals surface area contributed by atoms with E-state index in [1.54, 1.807) is 0 Å². The number of morpholine rings is 1. The number of halogens is 2. The van der Waals surface area contributed by atoms with Crippen molar-refractivity contribution >= 4 is 21.8 Å². The lowest BCUT2D eigenvalue weighted by Gasteiger charge is -2.27. The fourth-order valence-corrected chi connectivity index (χ4v) is 4.76. The van der Waals surface area contributed by atoms with Crippen molar-refractivity contribution in [3.63, 3.8) is 0 Å². The number of primary amides is 1. The first-order valence-corrected chi connectivity index (χ1v) is 10.8. The minimum absolute atomic E-state index is 0.0980. The highest BCUT2D eigenvalue weighted by Gasteiger charge is 2.32. The maximum Gasteiger partial charge on any atom is 0.257 e. The summed E-state index contributed by atoms with van der Waals surface area (Å²) < 4.78 is 60.1. The summed E-state index contributed by atoms with van der Waals surface area (Å²) in [7, 11) is -2.78. The predicted molar refractivity (Wildman–Crippen MR) is 106 cm³/mol. The van der Waals surface area contributed by atoms with E-state index in [9.17, 15) is 26.8 Å². The fourth-order valence-electron chi connectivity index (χ4n) is 3.33. The first-order chi connectivity index (χ1) is 14.6. The van der Waals surface area contributed by atoms with Crippen molar-refractivity contribution < 1.29 is 31.5 Å². The smallest absolute Gasteiger partial charge is 0.257 e. The SMILES string of the molecule is CN(C(=O)c1cc(S(=O)(=O)N2CCOCC2)ccc1F)C(C(N)=O)c1cccc(F)c1. The van der Waals surface area contributed by atoms with Crippen LogP contribution < -0.4 is 5.73 Å². The molecule has 0 aromatic heterocycles. The van der Waals surface area contributed by atoms with Crippen molar-refractivity contribution in [3.05, 3.63) is 65.2 Å². The van der Waals surface area contributed by atoms with Crippen LogP contribution >= 0.6 is 0 Å². The highest BCUT2D eigenvalue weighted by molar-refractivity contribution is 7.89. The van der Waals surface area contributed by atoms with Gasteiger partial charge in [0.25, 0.3) is 5.91 Å². The molecule has 1 atom stereocenters. The molecule has 0 radical (unpaired) electrons. The third-order valence-corrected chi connectivity index (χ3v) is 6.81. The van der Waals surface area contributed by atoms with Crippen LogP contribution in [0.5, 0.6) is 0 Å². The van der Waals surface area contributed by atoms with Gasteiger partial charge in [0.05, 0.1) is 23.7 Å². The Labute approximate surface area is 178 Å². The average molecular weight is 453 g/mol. The molecule has 0 spiro atoms. The molecule has 8 nitrogen and oxygen atoms in total. The second-order valence-corrected chi connectivity index (χ2v) is 8.87. The van der Waals surface area contributed by atoms with Crippen molar-refractivity contribution in [2.24, 2.45) is 5.73 Å². The van der Waals surface area contributed by atoms with Gasteiger partial charge in [0, 0.05) is 20.1 Å². The summed E-state index contributed by atoms with van der Waals surface area (Å²) in [6, 6.07) is 6.40. The van der Waals surface area contributed by atoms with Gasteiger partial charge in [-0.3, -0.25) is 9.59 Å². The van der Waals surface area contributed by atoms with E-state index in [-0.39, 0.29) is 36.8 Å². The zero-order valence-electron chi connectivity index (χ0n) is 16.6. The molecule has 1 heterocycles. The average Bonchev–Trinajstić information content (AvgIpc) is 2.74. The first-order valence-electron chi connectivity index (χ1n) is 9.32. The number of nitrogens with two attached hydrogens (primary N) is 1. The molecule has 2 aromatic rings. The Morgan fingerprint density at radius 1 is 1.13 bits per heavy atom. The zero-order valence-corrected chi connectivity index (χ0v) is 17.4. The maximum absolute atomic E-state index is 14.5. The van der Waals surface area contributed by atoms with Gasteiger partial charge in [0.15, 0.2) is 0 Å². The molecule has 1 saturated heterocycles. The van der Waals surface area contributed by atoms with E-state index in [4.69, 9.17) is 10.5 Å². The maximum atomic E-state index is 14.5. The summed E-state index contributed by atoms with van der Waals surface area (Å²) in [6.07, 6.45) is 0. The summed E-state index contributed by atoms with van der Waals surface area (Å²) in [6.45, 7) is 0.712. The Hall–Kier alpha value is -2.89. The highest BCUT2D eigenvalue weighted by atomic mass is 32.2. The topological polar surface area (TPSA) is 110 Å². The molecule has 31 heavy (non-hydrogen) atoms. The number of nitrogens with zero attached hydrogens (tertiary/aromatic N) is 2. The summed E-state index contributed by atoms with van der Waals surface area (Å²) >= 11 is 0. The Morgan fingerprint density at radius 2 is 1.81 bits per heavy atom. The van der Waals surface area contributed by atoms with E-state index in [1.165, 1.54) is 23.5 Å². The van der Waals surface area contributed by atoms with Gasteiger partial charge in [-0.15, -0.1) is 0 Å². The van der Waals surface area contributed by atoms with E-state index in [0.717, 1.165) is 35.2 Å². The van der Waals surface area contributed by atoms with Crippen LogP contribution in [0.4, 0.5) is 8.78 Å². The molecule has 0 bridgehead atoms. The van der Waals surface area contributed by atoms with Gasteiger partial charge in [0.2, 0.25) is 15.9 Å². The second-order valence-electron chi connectivity index (χ2n) is 6.93. The van der Waals surface area contributed by atoms with Gasteiger partial charge < -0.3 is 15.4 Å². The summed E-state index contributed by atoms with van der Waals surface area (Å²) in [5, 5.41) is 0. The van der Waals surface area contributed by atoms with Crippen LogP contribution in [-0.4, -0.2) is 62.8 Å². The fraction of sp³-hybridized carbons (Fsp3) is 0.300. The molecule has 11 heteroatoms. The summed E-state index contributed by atoms with van der Waals surface area (Å²) in [5.41, 5.74) is 4.95. The van der Waals surface area contributed by atoms with Gasteiger partial charge in [0.1, 0.15) is 17.7 Å². The van der Waals surface area contributed by atoms with Crippen molar-refractivity contribution in [1.82, 2.24) is 9.21 Å². The van der Waals surface area contributed by atoms with Crippen LogP contribution in [0.2, 0.25) is 0 Å². The van der Waals surface area contributed by atoms with E-state index >= 15 is 0 Å². The molecule has 1 unspecified atom stereocenters. The van der Waals surface area contributed by atoms with Crippen LogP contribution in [0, 0.1) is 11.6 Å². The van der Waals surface area contributed by atoms with Crippen LogP contribution in [0.15, 0.2) is 47.4 Å². The van der Waals surface area contributed by atoms with Crippen LogP contribution in [0.25, 0.3) is 0 Å². The normalized spacial score (nSPS) is 16.0. The lowest BCUT2D eigenvalue weighted by Crippen LogP contribution is -2.41. The van der Waals surface area contributed by atoms with Crippen molar-refractivity contribution in [2.45, 2.75) is 10.9 Å². The molecule has 1 aliphatic heterocycles. The molecular weight excluding hydrogens is 432 g/mol. The van der Waals surface area contributed by atoms with Gasteiger partial charge in [-0.1, -0.05) is 12.1 Å². The number of rotatable bonds is 6. The number of carbonyl (C=O) groups excluding carboxylic acids is 2. The number of hydrogen-bond acceptors (Lipinski definition) is 5. The van der Waals surface area contributed by atoms with E-state index in [0.29, 0.717) is 0 Å². The molecular formula is C20H21F2N3O5S. The van der Waals surface area contributed by atoms with Crippen LogP contribution in [0.3, 0.4) is 0 Å². The molecule has 2 amide bonds. The summed E-state index contributed by atoms with van der Waals surface area (Å²) in [4.78, 5) is 25.6. The second kappa shape index (κ2) is 9.08. The number of likely N-dealkylation sites (N-methyl/N-ethyl adjacent to an activating group) is 1. The zero-order chi connectivity index (χ0) is 22.8. The third-order valence-electron chi connectivity index (χ3n) is 4.92. The van der Waals surface area contributed by atoms with Gasteiger partial charge >= 0.3 is 0 Å². The number of benzene rings is 2. The molecule has 0 saturated carbocycles. The van der Waals surface area contributed by atoms with E-state index < -0.39 is 45.1 Å². The third kappa shape index (κ3) is 4.73. The number of amides is 2. The van der Waals surface area contributed by atoms with Gasteiger partial charge in [-0.2, -0.15) is 4.31 Å². The van der Waals surface area contributed by atoms with Crippen molar-refractivity contribution in [3.8, 4) is 0 Å². The molecule has 2 aromatic carbocycles. The van der Waals surface area contributed by atoms with E-state index in [2.05, 4.69) is 0 Å². The lowest BCUT2D eigenvalue weighted by atomic mass is 10.0.